The van der Waals surface area contributed by atoms with Crippen molar-refractivity contribution < 1.29 is 14.3 Å². The van der Waals surface area contributed by atoms with E-state index >= 15 is 0 Å². The molecule has 2 aromatic heterocycles. The van der Waals surface area contributed by atoms with Crippen molar-refractivity contribution in [2.45, 2.75) is 66.5 Å². The summed E-state index contributed by atoms with van der Waals surface area (Å²) >= 11 is 0. The molecule has 3 aromatic rings. The fourth-order valence-corrected chi connectivity index (χ4v) is 3.39. The van der Waals surface area contributed by atoms with Gasteiger partial charge in [0.15, 0.2) is 11.8 Å². The lowest BCUT2D eigenvalue weighted by Gasteiger charge is -2.17. The number of aryl methyl sites for hydroxylation is 2. The molecule has 7 heteroatoms. The van der Waals surface area contributed by atoms with Gasteiger partial charge in [0.2, 0.25) is 0 Å². The van der Waals surface area contributed by atoms with E-state index in [9.17, 15) is 9.59 Å². The summed E-state index contributed by atoms with van der Waals surface area (Å²) in [6.45, 7) is 13.5. The third-order valence-electron chi connectivity index (χ3n) is 5.27. The number of pyridine rings is 1. The highest BCUT2D eigenvalue weighted by molar-refractivity contribution is 6.04. The monoisotopic (exact) mass is 422 g/mol. The Balaban J connectivity index is 1.88. The molecule has 31 heavy (non-hydrogen) atoms. The van der Waals surface area contributed by atoms with Crippen molar-refractivity contribution in [3.8, 4) is 0 Å². The molecule has 3 rings (SSSR count). The van der Waals surface area contributed by atoms with Crippen molar-refractivity contribution in [2.24, 2.45) is 0 Å². The number of para-hydroxylation sites is 1. The number of rotatable bonds is 6. The number of benzene rings is 1. The van der Waals surface area contributed by atoms with E-state index in [0.29, 0.717) is 16.6 Å². The van der Waals surface area contributed by atoms with Gasteiger partial charge >= 0.3 is 5.97 Å². The average Bonchev–Trinajstić information content (AvgIpc) is 3.14. The van der Waals surface area contributed by atoms with Gasteiger partial charge in [0.25, 0.3) is 5.91 Å². The zero-order valence-electron chi connectivity index (χ0n) is 19.2. The van der Waals surface area contributed by atoms with Crippen LogP contribution in [0.5, 0.6) is 0 Å². The quantitative estimate of drug-likeness (QED) is 0.569. The number of nitrogens with zero attached hydrogens (tertiary/aromatic N) is 3. The molecule has 2 heterocycles. The van der Waals surface area contributed by atoms with Crippen LogP contribution in [-0.4, -0.2) is 32.7 Å². The number of hydrogen-bond acceptors (Lipinski definition) is 5. The second kappa shape index (κ2) is 8.88. The summed E-state index contributed by atoms with van der Waals surface area (Å²) in [5.41, 5.74) is 4.42. The first-order valence-corrected chi connectivity index (χ1v) is 10.6. The molecule has 1 atom stereocenters. The predicted molar refractivity (Wildman–Crippen MR) is 121 cm³/mol. The summed E-state index contributed by atoms with van der Waals surface area (Å²) in [6, 6.07) is 7.61. The Kier molecular flexibility index (Phi) is 6.43. The van der Waals surface area contributed by atoms with E-state index in [1.165, 1.54) is 0 Å². The largest absolute Gasteiger partial charge is 0.449 e. The van der Waals surface area contributed by atoms with Gasteiger partial charge in [-0.3, -0.25) is 4.79 Å². The van der Waals surface area contributed by atoms with Crippen LogP contribution in [0.2, 0.25) is 0 Å². The van der Waals surface area contributed by atoms with Crippen molar-refractivity contribution in [2.75, 3.05) is 5.32 Å². The van der Waals surface area contributed by atoms with Gasteiger partial charge in [0.05, 0.1) is 17.1 Å². The average molecular weight is 423 g/mol. The van der Waals surface area contributed by atoms with Crippen LogP contribution in [-0.2, 0) is 9.53 Å². The lowest BCUT2D eigenvalue weighted by atomic mass is 10.1. The number of carbonyl (C=O) groups excluding carboxylic acids is 2. The molecule has 0 saturated heterocycles. The Morgan fingerprint density at radius 2 is 1.71 bits per heavy atom. The number of carbonyl (C=O) groups is 2. The first-order valence-electron chi connectivity index (χ1n) is 10.6. The molecule has 0 spiro atoms. The summed E-state index contributed by atoms with van der Waals surface area (Å²) in [4.78, 5) is 30.4. The normalized spacial score (nSPS) is 12.4. The summed E-state index contributed by atoms with van der Waals surface area (Å²) in [5.74, 6) is -0.823. The second-order valence-corrected chi connectivity index (χ2v) is 8.47. The molecule has 0 bridgehead atoms. The van der Waals surface area contributed by atoms with Gasteiger partial charge in [-0.15, -0.1) is 0 Å². The number of amides is 1. The maximum absolute atomic E-state index is 13.0. The summed E-state index contributed by atoms with van der Waals surface area (Å²) in [5, 5.41) is 7.89. The Bertz CT molecular complexity index is 1110. The second-order valence-electron chi connectivity index (χ2n) is 8.47. The van der Waals surface area contributed by atoms with E-state index in [1.54, 1.807) is 23.9 Å². The number of hydrogen-bond donors (Lipinski definition) is 1. The zero-order valence-corrected chi connectivity index (χ0v) is 19.2. The minimum absolute atomic E-state index is 0.0957. The minimum Gasteiger partial charge on any atom is -0.449 e. The predicted octanol–water partition coefficient (Wildman–Crippen LogP) is 4.94. The number of fused-ring (bicyclic) bond motifs is 1. The van der Waals surface area contributed by atoms with Gasteiger partial charge in [0, 0.05) is 17.4 Å². The van der Waals surface area contributed by atoms with E-state index in [-0.39, 0.29) is 17.9 Å². The third-order valence-corrected chi connectivity index (χ3v) is 5.27. The highest BCUT2D eigenvalue weighted by Gasteiger charge is 2.24. The molecule has 1 aromatic carbocycles. The first-order chi connectivity index (χ1) is 14.6. The third kappa shape index (κ3) is 4.60. The van der Waals surface area contributed by atoms with Crippen LogP contribution in [0.25, 0.3) is 11.0 Å². The fourth-order valence-electron chi connectivity index (χ4n) is 3.39. The van der Waals surface area contributed by atoms with E-state index < -0.39 is 12.1 Å². The molecule has 0 fully saturated rings. The maximum Gasteiger partial charge on any atom is 0.339 e. The molecule has 0 saturated carbocycles. The molecule has 1 N–H and O–H groups in total. The molecule has 0 aliphatic rings. The number of anilines is 1. The zero-order chi connectivity index (χ0) is 22.9. The lowest BCUT2D eigenvalue weighted by molar-refractivity contribution is -0.123. The smallest absolute Gasteiger partial charge is 0.339 e. The summed E-state index contributed by atoms with van der Waals surface area (Å²) < 4.78 is 7.33. The van der Waals surface area contributed by atoms with Gasteiger partial charge in [-0.25, -0.2) is 14.5 Å². The SMILES string of the molecule is Cc1cccc(C)c1NC(=O)[C@@H](C)OC(=O)c1cc(C(C)C)nc2c1cnn2C(C)C. The molecule has 1 amide bonds. The topological polar surface area (TPSA) is 86.1 Å². The van der Waals surface area contributed by atoms with E-state index in [4.69, 9.17) is 9.72 Å². The number of ether oxygens (including phenoxy) is 1. The van der Waals surface area contributed by atoms with Crippen molar-refractivity contribution in [1.29, 1.82) is 0 Å². The number of aromatic nitrogens is 3. The van der Waals surface area contributed by atoms with Gasteiger partial charge in [-0.1, -0.05) is 32.0 Å². The van der Waals surface area contributed by atoms with Crippen molar-refractivity contribution in [3.05, 3.63) is 52.8 Å². The molecule has 0 radical (unpaired) electrons. The summed E-state index contributed by atoms with van der Waals surface area (Å²) in [7, 11) is 0. The molecule has 0 unspecified atom stereocenters. The highest BCUT2D eigenvalue weighted by atomic mass is 16.5. The van der Waals surface area contributed by atoms with Crippen LogP contribution in [0.1, 0.15) is 73.8 Å². The van der Waals surface area contributed by atoms with Gasteiger partial charge < -0.3 is 10.1 Å². The molecule has 7 nitrogen and oxygen atoms in total. The Morgan fingerprint density at radius 1 is 1.06 bits per heavy atom. The van der Waals surface area contributed by atoms with Crippen LogP contribution >= 0.6 is 0 Å². The molecule has 164 valence electrons. The van der Waals surface area contributed by atoms with Crippen molar-refractivity contribution >= 4 is 28.6 Å². The Hall–Kier alpha value is -3.22. The fraction of sp³-hybridized carbons (Fsp3) is 0.417. The van der Waals surface area contributed by atoms with Crippen molar-refractivity contribution in [3.63, 3.8) is 0 Å². The van der Waals surface area contributed by atoms with Crippen LogP contribution < -0.4 is 5.32 Å². The van der Waals surface area contributed by atoms with E-state index in [1.807, 2.05) is 59.7 Å². The maximum atomic E-state index is 13.0. The van der Waals surface area contributed by atoms with Crippen LogP contribution in [0.4, 0.5) is 5.69 Å². The van der Waals surface area contributed by atoms with Crippen molar-refractivity contribution in [1.82, 2.24) is 14.8 Å². The minimum atomic E-state index is -0.961. The highest BCUT2D eigenvalue weighted by Crippen LogP contribution is 2.25. The van der Waals surface area contributed by atoms with Crippen LogP contribution in [0.3, 0.4) is 0 Å². The Labute approximate surface area is 182 Å². The van der Waals surface area contributed by atoms with E-state index in [0.717, 1.165) is 22.5 Å². The lowest BCUT2D eigenvalue weighted by Crippen LogP contribution is -2.30. The molecular formula is C24H30N4O3. The molecule has 0 aliphatic carbocycles. The Morgan fingerprint density at radius 3 is 2.29 bits per heavy atom. The standard InChI is InChI=1S/C24H30N4O3/c1-13(2)20-11-18(19-12-25-28(14(3)4)22(19)26-20)24(30)31-17(7)23(29)27-21-15(5)9-8-10-16(21)6/h8-14,17H,1-7H3,(H,27,29)/t17-/m1/s1. The van der Waals surface area contributed by atoms with Crippen LogP contribution in [0.15, 0.2) is 30.5 Å². The van der Waals surface area contributed by atoms with Gasteiger partial charge in [0.1, 0.15) is 0 Å². The van der Waals surface area contributed by atoms with Crippen LogP contribution in [0, 0.1) is 13.8 Å². The molecule has 0 aliphatic heterocycles. The first kappa shape index (κ1) is 22.5. The number of esters is 1. The molecular weight excluding hydrogens is 392 g/mol. The van der Waals surface area contributed by atoms with E-state index in [2.05, 4.69) is 10.4 Å². The van der Waals surface area contributed by atoms with Gasteiger partial charge in [-0.2, -0.15) is 5.10 Å². The summed E-state index contributed by atoms with van der Waals surface area (Å²) in [6.07, 6.45) is 0.669. The van der Waals surface area contributed by atoms with Gasteiger partial charge in [-0.05, 0) is 57.7 Å². The number of nitrogens with one attached hydrogen (secondary N) is 1.